The molecule has 2 aromatic heterocycles. The molecule has 0 aliphatic heterocycles. The van der Waals surface area contributed by atoms with Crippen LogP contribution in [0.5, 0.6) is 5.75 Å². The van der Waals surface area contributed by atoms with Crippen LogP contribution in [0.25, 0.3) is 21.3 Å². The van der Waals surface area contributed by atoms with Crippen LogP contribution in [0.4, 0.5) is 10.8 Å². The summed E-state index contributed by atoms with van der Waals surface area (Å²) in [5.74, 6) is 0.696. The summed E-state index contributed by atoms with van der Waals surface area (Å²) in [4.78, 5) is 9.18. The second-order valence-corrected chi connectivity index (χ2v) is 7.30. The van der Waals surface area contributed by atoms with Gasteiger partial charge in [0, 0.05) is 7.05 Å². The fraction of sp³-hybridized carbons (Fsp3) is 0.211. The average molecular weight is 400 g/mol. The van der Waals surface area contributed by atoms with Crippen molar-refractivity contribution in [3.8, 4) is 11.8 Å². The van der Waals surface area contributed by atoms with Crippen molar-refractivity contribution >= 4 is 55.8 Å². The number of nitriles is 1. The number of ether oxygens (including phenoxy) is 1. The van der Waals surface area contributed by atoms with Crippen LogP contribution in [0.1, 0.15) is 19.4 Å². The molecule has 4 rings (SSSR count). The minimum atomic E-state index is 0. The zero-order chi connectivity index (χ0) is 18.3. The Morgan fingerprint density at radius 3 is 2.78 bits per heavy atom. The topological polar surface area (TPSA) is 75.8 Å². The van der Waals surface area contributed by atoms with Gasteiger partial charge in [0.15, 0.2) is 5.13 Å². The summed E-state index contributed by atoms with van der Waals surface area (Å²) in [7, 11) is 1.97. The van der Waals surface area contributed by atoms with Crippen molar-refractivity contribution in [1.29, 1.82) is 5.26 Å². The van der Waals surface area contributed by atoms with Crippen LogP contribution in [-0.4, -0.2) is 20.6 Å². The number of hydrogen-bond acceptors (Lipinski definition) is 6. The second-order valence-electron chi connectivity index (χ2n) is 6.27. The van der Waals surface area contributed by atoms with E-state index in [4.69, 9.17) is 9.72 Å². The molecule has 0 unspecified atom stereocenters. The number of nitrogens with zero attached hydrogens (tertiary/aromatic N) is 4. The zero-order valence-electron chi connectivity index (χ0n) is 15.1. The third-order valence-corrected chi connectivity index (χ3v) is 4.90. The lowest BCUT2D eigenvalue weighted by Gasteiger charge is -2.14. The number of nitrogens with one attached hydrogen (secondary N) is 1. The monoisotopic (exact) mass is 399 g/mol. The number of aromatic nitrogens is 3. The summed E-state index contributed by atoms with van der Waals surface area (Å²) in [6, 6.07) is 11.6. The van der Waals surface area contributed by atoms with Crippen LogP contribution in [0.3, 0.4) is 0 Å². The van der Waals surface area contributed by atoms with Gasteiger partial charge in [-0.1, -0.05) is 11.3 Å². The molecule has 4 aromatic rings. The largest absolute Gasteiger partial charge is 0.489 e. The van der Waals surface area contributed by atoms with E-state index < -0.39 is 0 Å². The van der Waals surface area contributed by atoms with Gasteiger partial charge in [0.2, 0.25) is 0 Å². The SMILES string of the molecule is CC(C)Oc1ccc(C#N)cc1Nc1nc2c(ccc3c2ncn3C)s1.Cl. The Balaban J connectivity index is 0.00000210. The number of fused-ring (bicyclic) bond motifs is 3. The highest BCUT2D eigenvalue weighted by Gasteiger charge is 2.13. The first-order chi connectivity index (χ1) is 12.5. The van der Waals surface area contributed by atoms with Gasteiger partial charge < -0.3 is 14.6 Å². The van der Waals surface area contributed by atoms with Crippen LogP contribution in [-0.2, 0) is 7.05 Å². The maximum Gasteiger partial charge on any atom is 0.188 e. The molecule has 8 heteroatoms. The van der Waals surface area contributed by atoms with Gasteiger partial charge in [0.05, 0.1) is 40.0 Å². The summed E-state index contributed by atoms with van der Waals surface area (Å²) < 4.78 is 8.89. The number of aryl methyl sites for hydroxylation is 1. The average Bonchev–Trinajstić information content (AvgIpc) is 3.19. The van der Waals surface area contributed by atoms with Gasteiger partial charge in [-0.25, -0.2) is 9.97 Å². The molecular weight excluding hydrogens is 382 g/mol. The van der Waals surface area contributed by atoms with Gasteiger partial charge in [-0.2, -0.15) is 5.26 Å². The molecule has 0 atom stereocenters. The number of rotatable bonds is 4. The third kappa shape index (κ3) is 3.54. The Bertz CT molecular complexity index is 1160. The number of imidazole rings is 1. The van der Waals surface area contributed by atoms with Gasteiger partial charge in [0.1, 0.15) is 16.8 Å². The second kappa shape index (κ2) is 7.43. The predicted octanol–water partition coefficient (Wildman–Crippen LogP) is 5.01. The van der Waals surface area contributed by atoms with E-state index in [1.54, 1.807) is 29.8 Å². The van der Waals surface area contributed by atoms with Crippen LogP contribution >= 0.6 is 23.7 Å². The Morgan fingerprint density at radius 1 is 1.22 bits per heavy atom. The molecule has 0 radical (unpaired) electrons. The summed E-state index contributed by atoms with van der Waals surface area (Å²) >= 11 is 1.55. The molecule has 0 aliphatic rings. The summed E-state index contributed by atoms with van der Waals surface area (Å²) in [5.41, 5.74) is 4.10. The van der Waals surface area contributed by atoms with Crippen molar-refractivity contribution in [2.45, 2.75) is 20.0 Å². The normalized spacial score (nSPS) is 10.8. The fourth-order valence-electron chi connectivity index (χ4n) is 2.81. The van der Waals surface area contributed by atoms with E-state index in [-0.39, 0.29) is 18.5 Å². The molecular formula is C19H18ClN5OS. The lowest BCUT2D eigenvalue weighted by atomic mass is 10.2. The van der Waals surface area contributed by atoms with E-state index in [1.165, 1.54) is 0 Å². The standard InChI is InChI=1S/C19H17N5OS.ClH/c1-11(2)25-15-6-4-12(9-20)8-13(15)22-19-23-18-16(26-19)7-5-14-17(18)21-10-24(14)3;/h4-8,10-11H,1-3H3,(H,22,23);1H. The number of anilines is 2. The zero-order valence-corrected chi connectivity index (χ0v) is 16.7. The smallest absolute Gasteiger partial charge is 0.188 e. The van der Waals surface area contributed by atoms with Crippen LogP contribution < -0.4 is 10.1 Å². The van der Waals surface area contributed by atoms with Gasteiger partial charge in [0.25, 0.3) is 0 Å². The van der Waals surface area contributed by atoms with Gasteiger partial charge in [-0.3, -0.25) is 0 Å². The van der Waals surface area contributed by atoms with Crippen molar-refractivity contribution in [2.24, 2.45) is 7.05 Å². The molecule has 0 spiro atoms. The van der Waals surface area contributed by atoms with Crippen LogP contribution in [0, 0.1) is 11.3 Å². The van der Waals surface area contributed by atoms with E-state index in [2.05, 4.69) is 28.5 Å². The third-order valence-electron chi connectivity index (χ3n) is 3.97. The summed E-state index contributed by atoms with van der Waals surface area (Å²) in [6.45, 7) is 3.94. The molecule has 2 aromatic carbocycles. The van der Waals surface area contributed by atoms with E-state index in [0.717, 1.165) is 32.1 Å². The van der Waals surface area contributed by atoms with Crippen molar-refractivity contribution in [3.05, 3.63) is 42.2 Å². The number of benzene rings is 2. The van der Waals surface area contributed by atoms with Crippen LogP contribution in [0.2, 0.25) is 0 Å². The summed E-state index contributed by atoms with van der Waals surface area (Å²) in [6.07, 6.45) is 1.83. The van der Waals surface area contributed by atoms with Crippen molar-refractivity contribution < 1.29 is 4.74 Å². The van der Waals surface area contributed by atoms with Crippen LogP contribution in [0.15, 0.2) is 36.7 Å². The van der Waals surface area contributed by atoms with Crippen molar-refractivity contribution in [1.82, 2.24) is 14.5 Å². The molecule has 0 amide bonds. The number of halogens is 1. The molecule has 2 heterocycles. The first kappa shape index (κ1) is 19.0. The molecule has 0 saturated heterocycles. The van der Waals surface area contributed by atoms with Gasteiger partial charge in [-0.15, -0.1) is 12.4 Å². The van der Waals surface area contributed by atoms with E-state index >= 15 is 0 Å². The highest BCUT2D eigenvalue weighted by Crippen LogP contribution is 2.35. The van der Waals surface area contributed by atoms with Gasteiger partial charge >= 0.3 is 0 Å². The maximum atomic E-state index is 9.19. The molecule has 27 heavy (non-hydrogen) atoms. The Labute approximate surface area is 166 Å². The minimum Gasteiger partial charge on any atom is -0.489 e. The summed E-state index contributed by atoms with van der Waals surface area (Å²) in [5, 5.41) is 13.2. The molecule has 1 N–H and O–H groups in total. The Hall–Kier alpha value is -2.82. The first-order valence-corrected chi connectivity index (χ1v) is 9.05. The fourth-order valence-corrected chi connectivity index (χ4v) is 3.69. The minimum absolute atomic E-state index is 0. The highest BCUT2D eigenvalue weighted by molar-refractivity contribution is 7.22. The molecule has 0 bridgehead atoms. The van der Waals surface area contributed by atoms with Crippen molar-refractivity contribution in [2.75, 3.05) is 5.32 Å². The molecule has 138 valence electrons. The maximum absolute atomic E-state index is 9.19. The first-order valence-electron chi connectivity index (χ1n) is 8.23. The quantitative estimate of drug-likeness (QED) is 0.522. The Morgan fingerprint density at radius 2 is 2.04 bits per heavy atom. The van der Waals surface area contributed by atoms with E-state index in [1.807, 2.05) is 31.5 Å². The molecule has 6 nitrogen and oxygen atoms in total. The van der Waals surface area contributed by atoms with E-state index in [9.17, 15) is 5.26 Å². The molecule has 0 saturated carbocycles. The predicted molar refractivity (Wildman–Crippen MR) is 111 cm³/mol. The molecule has 0 aliphatic carbocycles. The lowest BCUT2D eigenvalue weighted by molar-refractivity contribution is 0.244. The Kier molecular flexibility index (Phi) is 5.22. The molecule has 0 fully saturated rings. The highest BCUT2D eigenvalue weighted by atomic mass is 35.5. The van der Waals surface area contributed by atoms with Gasteiger partial charge in [-0.05, 0) is 44.2 Å². The van der Waals surface area contributed by atoms with Crippen molar-refractivity contribution in [3.63, 3.8) is 0 Å². The lowest BCUT2D eigenvalue weighted by Crippen LogP contribution is -2.07. The number of hydrogen-bond donors (Lipinski definition) is 1. The number of thiazole rings is 1. The van der Waals surface area contributed by atoms with E-state index in [0.29, 0.717) is 11.3 Å².